The molecule has 1 aromatic heterocycles. The highest BCUT2D eigenvalue weighted by molar-refractivity contribution is 5.90. The summed E-state index contributed by atoms with van der Waals surface area (Å²) in [5.41, 5.74) is 2.27. The van der Waals surface area contributed by atoms with E-state index in [4.69, 9.17) is 9.47 Å². The quantitative estimate of drug-likeness (QED) is 0.677. The van der Waals surface area contributed by atoms with E-state index in [-0.39, 0.29) is 6.10 Å². The number of carbonyl (C=O) groups is 1. The molecular formula is C22H25FN4O3. The lowest BCUT2D eigenvalue weighted by Gasteiger charge is -2.23. The highest BCUT2D eigenvalue weighted by Gasteiger charge is 2.32. The van der Waals surface area contributed by atoms with Gasteiger partial charge < -0.3 is 9.47 Å². The summed E-state index contributed by atoms with van der Waals surface area (Å²) in [5.74, 6) is -0.424. The summed E-state index contributed by atoms with van der Waals surface area (Å²) in [7, 11) is 1.55. The van der Waals surface area contributed by atoms with Crippen molar-refractivity contribution in [3.05, 3.63) is 48.0 Å². The maximum atomic E-state index is 14.8. The third-order valence-electron chi connectivity index (χ3n) is 5.27. The van der Waals surface area contributed by atoms with E-state index in [1.807, 2.05) is 12.1 Å². The van der Waals surface area contributed by atoms with Crippen LogP contribution in [0.25, 0.3) is 11.1 Å². The molecule has 158 valence electrons. The van der Waals surface area contributed by atoms with Gasteiger partial charge in [0.25, 0.3) is 0 Å². The van der Waals surface area contributed by atoms with Gasteiger partial charge in [-0.05, 0) is 43.5 Å². The predicted molar refractivity (Wildman–Crippen MR) is 112 cm³/mol. The van der Waals surface area contributed by atoms with Gasteiger partial charge in [-0.2, -0.15) is 5.10 Å². The van der Waals surface area contributed by atoms with Crippen LogP contribution >= 0.6 is 0 Å². The van der Waals surface area contributed by atoms with Gasteiger partial charge in [-0.15, -0.1) is 0 Å². The van der Waals surface area contributed by atoms with Crippen molar-refractivity contribution in [2.45, 2.75) is 25.4 Å². The second kappa shape index (κ2) is 9.21. The fourth-order valence-electron chi connectivity index (χ4n) is 3.69. The molecule has 8 heteroatoms. The first-order valence-corrected chi connectivity index (χ1v) is 10.2. The first-order chi connectivity index (χ1) is 14.6. The molecule has 2 aliphatic rings. The van der Waals surface area contributed by atoms with Gasteiger partial charge in [0.2, 0.25) is 0 Å². The van der Waals surface area contributed by atoms with E-state index >= 15 is 0 Å². The standard InChI is InChI=1S/C22H25FN4O3/c1-29-15-19-14-27(22(28)30-19)18-7-8-20(21(23)11-18)16-5-6-17(24-12-16)13-25-26-9-3-2-4-10-26/h5-8,11-13,19H,2-4,9-10,14-15H2,1H3/b25-13+/t19-/m1/s1. The number of cyclic esters (lactones) is 1. The van der Waals surface area contributed by atoms with Gasteiger partial charge in [0.15, 0.2) is 0 Å². The van der Waals surface area contributed by atoms with Crippen LogP contribution in [0.4, 0.5) is 14.9 Å². The van der Waals surface area contributed by atoms with E-state index in [2.05, 4.69) is 15.1 Å². The summed E-state index contributed by atoms with van der Waals surface area (Å²) in [4.78, 5) is 17.8. The van der Waals surface area contributed by atoms with Crippen molar-refractivity contribution < 1.29 is 18.7 Å². The fraction of sp³-hybridized carbons (Fsp3) is 0.409. The third-order valence-corrected chi connectivity index (χ3v) is 5.27. The van der Waals surface area contributed by atoms with Gasteiger partial charge >= 0.3 is 6.09 Å². The summed E-state index contributed by atoms with van der Waals surface area (Å²) in [5, 5.41) is 6.52. The number of anilines is 1. The smallest absolute Gasteiger partial charge is 0.414 e. The zero-order chi connectivity index (χ0) is 20.9. The van der Waals surface area contributed by atoms with Crippen LogP contribution in [0.15, 0.2) is 41.6 Å². The Morgan fingerprint density at radius 2 is 2.10 bits per heavy atom. The highest BCUT2D eigenvalue weighted by Crippen LogP contribution is 2.29. The van der Waals surface area contributed by atoms with Gasteiger partial charge in [0, 0.05) is 37.5 Å². The number of halogens is 1. The molecule has 0 aliphatic carbocycles. The first kappa shape index (κ1) is 20.3. The Morgan fingerprint density at radius 3 is 2.80 bits per heavy atom. The number of aromatic nitrogens is 1. The number of hydrogen-bond donors (Lipinski definition) is 0. The predicted octanol–water partition coefficient (Wildman–Crippen LogP) is 3.68. The minimum absolute atomic E-state index is 0.307. The number of pyridine rings is 1. The normalized spacial score (nSPS) is 19.5. The zero-order valence-corrected chi connectivity index (χ0v) is 17.0. The van der Waals surface area contributed by atoms with Crippen LogP contribution in [0.3, 0.4) is 0 Å². The lowest BCUT2D eigenvalue weighted by atomic mass is 10.1. The SMILES string of the molecule is COC[C@H]1CN(c2ccc(-c3ccc(/C=N/N4CCCCC4)nc3)c(F)c2)C(=O)O1. The number of rotatable bonds is 6. The Morgan fingerprint density at radius 1 is 1.27 bits per heavy atom. The van der Waals surface area contributed by atoms with Gasteiger partial charge in [-0.3, -0.25) is 14.9 Å². The molecule has 3 heterocycles. The van der Waals surface area contributed by atoms with Crippen LogP contribution in [-0.2, 0) is 9.47 Å². The Labute approximate surface area is 175 Å². The Bertz CT molecular complexity index is 913. The molecular weight excluding hydrogens is 387 g/mol. The Balaban J connectivity index is 1.45. The number of piperidine rings is 1. The van der Waals surface area contributed by atoms with Crippen molar-refractivity contribution in [2.24, 2.45) is 5.10 Å². The van der Waals surface area contributed by atoms with Crippen LogP contribution < -0.4 is 4.90 Å². The molecule has 4 rings (SSSR count). The molecule has 30 heavy (non-hydrogen) atoms. The maximum Gasteiger partial charge on any atom is 0.414 e. The van der Waals surface area contributed by atoms with E-state index in [9.17, 15) is 9.18 Å². The Hall–Kier alpha value is -3.00. The number of hydrogen-bond acceptors (Lipinski definition) is 6. The second-order valence-corrected chi connectivity index (χ2v) is 7.47. The van der Waals surface area contributed by atoms with Gasteiger partial charge in [-0.25, -0.2) is 9.18 Å². The van der Waals surface area contributed by atoms with Crippen molar-refractivity contribution in [1.82, 2.24) is 9.99 Å². The summed E-state index contributed by atoms with van der Waals surface area (Å²) < 4.78 is 25.0. The molecule has 2 aliphatic heterocycles. The molecule has 2 saturated heterocycles. The molecule has 0 bridgehead atoms. The molecule has 2 fully saturated rings. The van der Waals surface area contributed by atoms with Gasteiger partial charge in [0.05, 0.1) is 30.7 Å². The number of hydrazone groups is 1. The number of amides is 1. The maximum absolute atomic E-state index is 14.8. The first-order valence-electron chi connectivity index (χ1n) is 10.2. The second-order valence-electron chi connectivity index (χ2n) is 7.47. The van der Waals surface area contributed by atoms with Crippen LogP contribution in [0.2, 0.25) is 0 Å². The van der Waals surface area contributed by atoms with Crippen LogP contribution in [0.1, 0.15) is 25.0 Å². The van der Waals surface area contributed by atoms with Crippen LogP contribution in [0.5, 0.6) is 0 Å². The average molecular weight is 412 g/mol. The van der Waals surface area contributed by atoms with E-state index in [1.165, 1.54) is 30.2 Å². The van der Waals surface area contributed by atoms with E-state index in [0.29, 0.717) is 30.0 Å². The molecule has 1 amide bonds. The third kappa shape index (κ3) is 4.59. The number of carbonyl (C=O) groups excluding carboxylic acids is 1. The molecule has 0 spiro atoms. The van der Waals surface area contributed by atoms with Crippen LogP contribution in [-0.4, -0.2) is 61.8 Å². The Kier molecular flexibility index (Phi) is 6.23. The lowest BCUT2D eigenvalue weighted by Crippen LogP contribution is -2.25. The molecule has 1 aromatic carbocycles. The molecule has 7 nitrogen and oxygen atoms in total. The molecule has 0 radical (unpaired) electrons. The topological polar surface area (TPSA) is 67.3 Å². The summed E-state index contributed by atoms with van der Waals surface area (Å²) >= 11 is 0. The van der Waals surface area contributed by atoms with Crippen LogP contribution in [0, 0.1) is 5.82 Å². The molecule has 0 unspecified atom stereocenters. The van der Waals surface area contributed by atoms with Crippen molar-refractivity contribution >= 4 is 18.0 Å². The fourth-order valence-corrected chi connectivity index (χ4v) is 3.69. The average Bonchev–Trinajstić information content (AvgIpc) is 3.14. The van der Waals surface area contributed by atoms with E-state index < -0.39 is 11.9 Å². The monoisotopic (exact) mass is 412 g/mol. The van der Waals surface area contributed by atoms with Crippen molar-refractivity contribution in [1.29, 1.82) is 0 Å². The summed E-state index contributed by atoms with van der Waals surface area (Å²) in [6, 6.07) is 8.35. The molecule has 0 N–H and O–H groups in total. The number of nitrogens with zero attached hydrogens (tertiary/aromatic N) is 4. The summed E-state index contributed by atoms with van der Waals surface area (Å²) in [6.45, 7) is 2.59. The largest absolute Gasteiger partial charge is 0.441 e. The zero-order valence-electron chi connectivity index (χ0n) is 17.0. The summed E-state index contributed by atoms with van der Waals surface area (Å²) in [6.07, 6.45) is 6.12. The minimum atomic E-state index is -0.497. The van der Waals surface area contributed by atoms with Crippen molar-refractivity contribution in [3.8, 4) is 11.1 Å². The lowest BCUT2D eigenvalue weighted by molar-refractivity contribution is 0.0718. The molecule has 0 saturated carbocycles. The number of benzene rings is 1. The van der Waals surface area contributed by atoms with Gasteiger partial charge in [0.1, 0.15) is 11.9 Å². The van der Waals surface area contributed by atoms with E-state index in [1.54, 1.807) is 31.7 Å². The van der Waals surface area contributed by atoms with E-state index in [0.717, 1.165) is 18.8 Å². The molecule has 2 aromatic rings. The number of ether oxygens (including phenoxy) is 2. The molecule has 1 atom stereocenters. The van der Waals surface area contributed by atoms with Crippen molar-refractivity contribution in [2.75, 3.05) is 38.3 Å². The number of methoxy groups -OCH3 is 1. The van der Waals surface area contributed by atoms with Gasteiger partial charge in [-0.1, -0.05) is 6.07 Å². The highest BCUT2D eigenvalue weighted by atomic mass is 19.1. The minimum Gasteiger partial charge on any atom is -0.441 e. The van der Waals surface area contributed by atoms with Crippen molar-refractivity contribution in [3.63, 3.8) is 0 Å².